The van der Waals surface area contributed by atoms with E-state index in [1.54, 1.807) is 7.05 Å². The predicted octanol–water partition coefficient (Wildman–Crippen LogP) is -0.429. The highest BCUT2D eigenvalue weighted by Crippen LogP contribution is 2.42. The molecular formula is C11H13N5O4S2. The summed E-state index contributed by atoms with van der Waals surface area (Å²) in [4.78, 5) is 24.9. The molecule has 1 saturated heterocycles. The number of methoxy groups -OCH3 is 1. The number of aliphatic carboxylic acids is 1. The molecule has 0 bridgehead atoms. The fourth-order valence-electron chi connectivity index (χ4n) is 2.34. The third-order valence-electron chi connectivity index (χ3n) is 3.41. The Labute approximate surface area is 134 Å². The lowest BCUT2D eigenvalue weighted by atomic mass is 10.1. The molecule has 0 spiro atoms. The van der Waals surface area contributed by atoms with Crippen molar-refractivity contribution in [3.63, 3.8) is 0 Å². The van der Waals surface area contributed by atoms with E-state index in [1.807, 2.05) is 0 Å². The van der Waals surface area contributed by atoms with Crippen molar-refractivity contribution >= 4 is 35.4 Å². The Morgan fingerprint density at radius 2 is 2.36 bits per heavy atom. The Kier molecular flexibility index (Phi) is 4.10. The Hall–Kier alpha value is -1.59. The molecule has 0 unspecified atom stereocenters. The van der Waals surface area contributed by atoms with Crippen molar-refractivity contribution in [3.05, 3.63) is 11.3 Å². The molecule has 11 heteroatoms. The van der Waals surface area contributed by atoms with E-state index in [0.29, 0.717) is 22.2 Å². The Bertz CT molecular complexity index is 661. The molecule has 1 amide bonds. The summed E-state index contributed by atoms with van der Waals surface area (Å²) in [6.45, 7) is 0. The van der Waals surface area contributed by atoms with Crippen molar-refractivity contribution in [1.82, 2.24) is 25.1 Å². The van der Waals surface area contributed by atoms with Gasteiger partial charge in [-0.1, -0.05) is 11.8 Å². The molecule has 1 N–H and O–H groups in total. The van der Waals surface area contributed by atoms with Gasteiger partial charge in [0.2, 0.25) is 5.16 Å². The van der Waals surface area contributed by atoms with Crippen molar-refractivity contribution in [2.75, 3.05) is 18.6 Å². The van der Waals surface area contributed by atoms with Gasteiger partial charge in [-0.15, -0.1) is 16.9 Å². The number of hydrogen-bond donors (Lipinski definition) is 1. The van der Waals surface area contributed by atoms with Crippen LogP contribution in [-0.2, 0) is 21.4 Å². The van der Waals surface area contributed by atoms with E-state index in [0.717, 1.165) is 0 Å². The number of hydrogen-bond acceptors (Lipinski definition) is 8. The number of nitrogens with zero attached hydrogens (tertiary/aromatic N) is 5. The highest BCUT2D eigenvalue weighted by molar-refractivity contribution is 8.01. The zero-order valence-corrected chi connectivity index (χ0v) is 13.4. The van der Waals surface area contributed by atoms with Crippen molar-refractivity contribution < 1.29 is 19.4 Å². The van der Waals surface area contributed by atoms with Gasteiger partial charge in [0.25, 0.3) is 5.91 Å². The van der Waals surface area contributed by atoms with E-state index >= 15 is 0 Å². The number of carbonyl (C=O) groups excluding carboxylic acids is 1. The highest BCUT2D eigenvalue weighted by atomic mass is 32.2. The van der Waals surface area contributed by atoms with E-state index in [-0.39, 0.29) is 17.0 Å². The fraction of sp³-hybridized carbons (Fsp3) is 0.545. The van der Waals surface area contributed by atoms with Crippen LogP contribution in [0.3, 0.4) is 0 Å². The first kappa shape index (κ1) is 15.3. The van der Waals surface area contributed by atoms with Gasteiger partial charge in [0, 0.05) is 25.7 Å². The van der Waals surface area contributed by atoms with Gasteiger partial charge in [0.15, 0.2) is 6.10 Å². The maximum absolute atomic E-state index is 12.0. The van der Waals surface area contributed by atoms with Crippen LogP contribution >= 0.6 is 23.5 Å². The highest BCUT2D eigenvalue weighted by Gasteiger charge is 2.53. The lowest BCUT2D eigenvalue weighted by Gasteiger charge is -2.48. The molecule has 3 heterocycles. The molecule has 118 valence electrons. The van der Waals surface area contributed by atoms with Crippen molar-refractivity contribution in [2.45, 2.75) is 16.6 Å². The topological polar surface area (TPSA) is 110 Å². The molecule has 2 atom stereocenters. The average molecular weight is 343 g/mol. The van der Waals surface area contributed by atoms with Crippen LogP contribution in [0.2, 0.25) is 0 Å². The van der Waals surface area contributed by atoms with Crippen LogP contribution in [0.15, 0.2) is 16.4 Å². The number of rotatable bonds is 5. The molecule has 0 aromatic carbocycles. The molecular weight excluding hydrogens is 330 g/mol. The molecule has 0 saturated carbocycles. The second-order valence-corrected chi connectivity index (χ2v) is 6.74. The average Bonchev–Trinajstić information content (AvgIpc) is 2.90. The number of β-lactam (4-membered cyclic amide) rings is 1. The number of carboxylic acids is 1. The molecule has 0 radical (unpaired) electrons. The second kappa shape index (κ2) is 5.89. The van der Waals surface area contributed by atoms with Crippen LogP contribution in [0.5, 0.6) is 0 Å². The first-order valence-corrected chi connectivity index (χ1v) is 8.36. The normalized spacial score (nSPS) is 24.3. The zero-order chi connectivity index (χ0) is 15.9. The largest absolute Gasteiger partial charge is 0.477 e. The first-order valence-electron chi connectivity index (χ1n) is 6.32. The molecule has 0 aliphatic carbocycles. The molecule has 2 aliphatic rings. The van der Waals surface area contributed by atoms with Gasteiger partial charge in [-0.3, -0.25) is 9.69 Å². The van der Waals surface area contributed by atoms with Crippen molar-refractivity contribution in [3.8, 4) is 0 Å². The van der Waals surface area contributed by atoms with Crippen molar-refractivity contribution in [2.24, 2.45) is 7.05 Å². The van der Waals surface area contributed by atoms with Crippen LogP contribution in [0.25, 0.3) is 0 Å². The summed E-state index contributed by atoms with van der Waals surface area (Å²) < 4.78 is 6.62. The number of thioether (sulfide) groups is 2. The van der Waals surface area contributed by atoms with E-state index in [1.165, 1.54) is 40.2 Å². The van der Waals surface area contributed by atoms with E-state index in [4.69, 9.17) is 4.74 Å². The van der Waals surface area contributed by atoms with Gasteiger partial charge in [0.1, 0.15) is 11.1 Å². The summed E-state index contributed by atoms with van der Waals surface area (Å²) in [5.74, 6) is -0.453. The summed E-state index contributed by atoms with van der Waals surface area (Å²) in [6.07, 6.45) is -0.559. The van der Waals surface area contributed by atoms with Gasteiger partial charge in [-0.05, 0) is 16.0 Å². The van der Waals surface area contributed by atoms with Gasteiger partial charge in [-0.25, -0.2) is 9.48 Å². The van der Waals surface area contributed by atoms with E-state index in [2.05, 4.69) is 15.5 Å². The molecule has 1 aromatic rings. The minimum atomic E-state index is -1.10. The second-order valence-electron chi connectivity index (χ2n) is 4.70. The van der Waals surface area contributed by atoms with Crippen LogP contribution in [0.4, 0.5) is 0 Å². The maximum atomic E-state index is 12.0. The first-order chi connectivity index (χ1) is 10.5. The van der Waals surface area contributed by atoms with Crippen LogP contribution in [0.1, 0.15) is 0 Å². The number of fused-ring (bicyclic) bond motifs is 1. The fourth-order valence-corrected chi connectivity index (χ4v) is 4.70. The lowest BCUT2D eigenvalue weighted by molar-refractivity contribution is -0.162. The van der Waals surface area contributed by atoms with Gasteiger partial charge < -0.3 is 9.84 Å². The minimum Gasteiger partial charge on any atom is -0.477 e. The summed E-state index contributed by atoms with van der Waals surface area (Å²) >= 11 is 2.85. The van der Waals surface area contributed by atoms with E-state index in [9.17, 15) is 14.7 Å². The summed E-state index contributed by atoms with van der Waals surface area (Å²) in [5.41, 5.74) is 0.745. The maximum Gasteiger partial charge on any atom is 0.352 e. The number of aromatic nitrogens is 4. The Morgan fingerprint density at radius 1 is 1.59 bits per heavy atom. The molecule has 9 nitrogen and oxygen atoms in total. The molecule has 1 fully saturated rings. The number of aryl methyl sites for hydroxylation is 1. The van der Waals surface area contributed by atoms with Crippen LogP contribution in [0, 0.1) is 0 Å². The molecule has 1 aromatic heterocycles. The minimum absolute atomic E-state index is 0.0599. The van der Waals surface area contributed by atoms with Crippen LogP contribution < -0.4 is 0 Å². The van der Waals surface area contributed by atoms with Crippen LogP contribution in [-0.4, -0.2) is 72.2 Å². The standard InChI is InChI=1S/C11H13N5O4S2/c1-15-11(12-13-14-15)22-4-5-3-21-9-7(20-2)8(17)16(9)6(5)10(18)19/h7,9H,3-4H2,1-2H3,(H,18,19)/t7-,9+/m0/s1. The van der Waals surface area contributed by atoms with E-state index < -0.39 is 12.1 Å². The smallest absolute Gasteiger partial charge is 0.352 e. The summed E-state index contributed by atoms with van der Waals surface area (Å²) in [7, 11) is 3.17. The Morgan fingerprint density at radius 3 is 2.95 bits per heavy atom. The monoisotopic (exact) mass is 343 g/mol. The van der Waals surface area contributed by atoms with Gasteiger partial charge >= 0.3 is 5.97 Å². The summed E-state index contributed by atoms with van der Waals surface area (Å²) in [5, 5.41) is 20.9. The van der Waals surface area contributed by atoms with Gasteiger partial charge in [-0.2, -0.15) is 0 Å². The number of ether oxygens (including phenoxy) is 1. The SMILES string of the molecule is CO[C@H]1C(=O)N2C(C(=O)O)=C(CSc3nnnn3C)CS[C@H]12. The molecule has 22 heavy (non-hydrogen) atoms. The molecule has 3 rings (SSSR count). The third-order valence-corrected chi connectivity index (χ3v) is 5.82. The third kappa shape index (κ3) is 2.38. The number of carbonyl (C=O) groups is 2. The Balaban J connectivity index is 1.82. The number of carboxylic acid groups (broad SMARTS) is 1. The number of tetrazole rings is 1. The van der Waals surface area contributed by atoms with Gasteiger partial charge in [0.05, 0.1) is 0 Å². The number of amides is 1. The zero-order valence-electron chi connectivity index (χ0n) is 11.8. The van der Waals surface area contributed by atoms with Crippen molar-refractivity contribution in [1.29, 1.82) is 0 Å². The quantitative estimate of drug-likeness (QED) is 0.562. The predicted molar refractivity (Wildman–Crippen MR) is 78.1 cm³/mol. The molecule has 2 aliphatic heterocycles. The summed E-state index contributed by atoms with van der Waals surface area (Å²) in [6, 6.07) is 0. The lowest BCUT2D eigenvalue weighted by Crippen LogP contribution is -2.65.